The van der Waals surface area contributed by atoms with Gasteiger partial charge < -0.3 is 14.4 Å². The van der Waals surface area contributed by atoms with Gasteiger partial charge in [0.2, 0.25) is 0 Å². The lowest BCUT2D eigenvalue weighted by atomic mass is 10.2. The molecule has 1 aliphatic heterocycles. The zero-order chi connectivity index (χ0) is 16.2. The fourth-order valence-corrected chi connectivity index (χ4v) is 2.67. The van der Waals surface area contributed by atoms with Gasteiger partial charge in [0.05, 0.1) is 12.1 Å². The lowest BCUT2D eigenvalue weighted by Crippen LogP contribution is -2.43. The van der Waals surface area contributed by atoms with E-state index in [9.17, 15) is 4.79 Å². The van der Waals surface area contributed by atoms with Gasteiger partial charge in [-0.3, -0.25) is 4.79 Å². The smallest absolute Gasteiger partial charge is 0.257 e. The number of pyridine rings is 1. The van der Waals surface area contributed by atoms with Crippen molar-refractivity contribution >= 4 is 17.5 Å². The summed E-state index contributed by atoms with van der Waals surface area (Å²) in [4.78, 5) is 18.3. The molecule has 1 unspecified atom stereocenters. The van der Waals surface area contributed by atoms with E-state index in [-0.39, 0.29) is 17.2 Å². The first kappa shape index (κ1) is 15.6. The molecule has 120 valence electrons. The maximum atomic E-state index is 12.6. The van der Waals surface area contributed by atoms with Crippen molar-refractivity contribution in [2.24, 2.45) is 0 Å². The van der Waals surface area contributed by atoms with Crippen LogP contribution in [0.3, 0.4) is 0 Å². The van der Waals surface area contributed by atoms with Crippen LogP contribution in [0.1, 0.15) is 17.3 Å². The minimum absolute atomic E-state index is 0.159. The fraction of sp³-hybridized carbons (Fsp3) is 0.294. The summed E-state index contributed by atoms with van der Waals surface area (Å²) >= 11 is 6.02. The molecule has 0 saturated carbocycles. The van der Waals surface area contributed by atoms with Gasteiger partial charge in [0.15, 0.2) is 17.6 Å². The number of aromatic nitrogens is 1. The van der Waals surface area contributed by atoms with E-state index in [0.717, 1.165) is 5.75 Å². The normalized spacial score (nSPS) is 16.0. The van der Waals surface area contributed by atoms with Gasteiger partial charge in [-0.2, -0.15) is 0 Å². The Hall–Kier alpha value is -2.27. The molecular weight excluding hydrogens is 316 g/mol. The Balaban J connectivity index is 1.71. The molecule has 1 atom stereocenters. The highest BCUT2D eigenvalue weighted by Gasteiger charge is 2.26. The van der Waals surface area contributed by atoms with E-state index >= 15 is 0 Å². The number of fused-ring (bicyclic) bond motifs is 1. The van der Waals surface area contributed by atoms with E-state index in [1.807, 2.05) is 31.2 Å². The number of carbonyl (C=O) groups excluding carboxylic acids is 1. The highest BCUT2D eigenvalue weighted by atomic mass is 35.5. The van der Waals surface area contributed by atoms with E-state index in [1.54, 1.807) is 23.2 Å². The topological polar surface area (TPSA) is 51.7 Å². The maximum Gasteiger partial charge on any atom is 0.257 e. The Morgan fingerprint density at radius 3 is 2.83 bits per heavy atom. The number of ether oxygens (including phenoxy) is 2. The van der Waals surface area contributed by atoms with Crippen molar-refractivity contribution in [2.75, 3.05) is 19.7 Å². The molecule has 2 aromatic rings. The zero-order valence-electron chi connectivity index (χ0n) is 12.7. The van der Waals surface area contributed by atoms with Crippen molar-refractivity contribution in [1.29, 1.82) is 0 Å². The largest absolute Gasteiger partial charge is 0.486 e. The SMILES string of the molecule is CCN(CC1COc2ccccc2O1)C(=O)c1cccnc1Cl. The summed E-state index contributed by atoms with van der Waals surface area (Å²) in [5.74, 6) is 1.27. The molecule has 2 heterocycles. The van der Waals surface area contributed by atoms with Gasteiger partial charge in [-0.1, -0.05) is 23.7 Å². The number of likely N-dealkylation sites (N-methyl/N-ethyl adjacent to an activating group) is 1. The average molecular weight is 333 g/mol. The number of halogens is 1. The van der Waals surface area contributed by atoms with E-state index < -0.39 is 0 Å². The number of hydrogen-bond acceptors (Lipinski definition) is 4. The second-order valence-electron chi connectivity index (χ2n) is 5.18. The Labute approximate surface area is 139 Å². The zero-order valence-corrected chi connectivity index (χ0v) is 13.5. The van der Waals surface area contributed by atoms with Crippen molar-refractivity contribution in [3.63, 3.8) is 0 Å². The highest BCUT2D eigenvalue weighted by molar-refractivity contribution is 6.32. The summed E-state index contributed by atoms with van der Waals surface area (Å²) < 4.78 is 11.6. The first-order valence-corrected chi connectivity index (χ1v) is 7.85. The fourth-order valence-electron chi connectivity index (χ4n) is 2.47. The lowest BCUT2D eigenvalue weighted by Gasteiger charge is -2.31. The lowest BCUT2D eigenvalue weighted by molar-refractivity contribution is 0.0475. The highest BCUT2D eigenvalue weighted by Crippen LogP contribution is 2.31. The summed E-state index contributed by atoms with van der Waals surface area (Å²) in [7, 11) is 0. The predicted molar refractivity (Wildman–Crippen MR) is 87.2 cm³/mol. The molecule has 0 fully saturated rings. The molecular formula is C17H17ClN2O3. The first-order valence-electron chi connectivity index (χ1n) is 7.47. The second kappa shape index (κ2) is 6.87. The first-order chi connectivity index (χ1) is 11.2. The Morgan fingerprint density at radius 2 is 2.09 bits per heavy atom. The van der Waals surface area contributed by atoms with E-state index in [0.29, 0.717) is 31.0 Å². The van der Waals surface area contributed by atoms with Crippen LogP contribution in [-0.2, 0) is 0 Å². The predicted octanol–water partition coefficient (Wildman–Crippen LogP) is 3.04. The van der Waals surface area contributed by atoms with Gasteiger partial charge in [0, 0.05) is 12.7 Å². The van der Waals surface area contributed by atoms with E-state index in [2.05, 4.69) is 4.98 Å². The molecule has 1 amide bonds. The van der Waals surface area contributed by atoms with Crippen molar-refractivity contribution < 1.29 is 14.3 Å². The molecule has 5 nitrogen and oxygen atoms in total. The summed E-state index contributed by atoms with van der Waals surface area (Å²) in [6.07, 6.45) is 1.34. The van der Waals surface area contributed by atoms with Crippen molar-refractivity contribution in [3.05, 3.63) is 53.3 Å². The van der Waals surface area contributed by atoms with Crippen LogP contribution in [0, 0.1) is 0 Å². The molecule has 0 spiro atoms. The number of nitrogens with zero attached hydrogens (tertiary/aromatic N) is 2. The standard InChI is InChI=1S/C17H17ClN2O3/c1-2-20(17(21)13-6-5-9-19-16(13)18)10-12-11-22-14-7-3-4-8-15(14)23-12/h3-9,12H,2,10-11H2,1H3. The van der Waals surface area contributed by atoms with Gasteiger partial charge >= 0.3 is 0 Å². The molecule has 0 N–H and O–H groups in total. The number of amides is 1. The minimum Gasteiger partial charge on any atom is -0.486 e. The van der Waals surface area contributed by atoms with Gasteiger partial charge in [0.1, 0.15) is 11.8 Å². The van der Waals surface area contributed by atoms with E-state index in [1.165, 1.54) is 0 Å². The van der Waals surface area contributed by atoms with Gasteiger partial charge in [-0.05, 0) is 31.2 Å². The molecule has 0 bridgehead atoms. The van der Waals surface area contributed by atoms with Crippen molar-refractivity contribution in [3.8, 4) is 11.5 Å². The third-order valence-corrected chi connectivity index (χ3v) is 3.95. The Kier molecular flexibility index (Phi) is 4.67. The number of hydrogen-bond donors (Lipinski definition) is 0. The van der Waals surface area contributed by atoms with Crippen LogP contribution in [0.25, 0.3) is 0 Å². The summed E-state index contributed by atoms with van der Waals surface area (Å²) in [5, 5.41) is 0.210. The van der Waals surface area contributed by atoms with Crippen LogP contribution in [0.2, 0.25) is 5.15 Å². The molecule has 0 saturated heterocycles. The number of para-hydroxylation sites is 2. The Morgan fingerprint density at radius 1 is 1.30 bits per heavy atom. The van der Waals surface area contributed by atoms with Crippen LogP contribution in [0.4, 0.5) is 0 Å². The molecule has 1 aromatic heterocycles. The summed E-state index contributed by atoms with van der Waals surface area (Å²) in [6, 6.07) is 10.9. The summed E-state index contributed by atoms with van der Waals surface area (Å²) in [5.41, 5.74) is 0.396. The molecule has 1 aromatic carbocycles. The quantitative estimate of drug-likeness (QED) is 0.808. The van der Waals surface area contributed by atoms with Gasteiger partial charge in [-0.15, -0.1) is 0 Å². The maximum absolute atomic E-state index is 12.6. The van der Waals surface area contributed by atoms with Crippen LogP contribution < -0.4 is 9.47 Å². The van der Waals surface area contributed by atoms with Crippen molar-refractivity contribution in [1.82, 2.24) is 9.88 Å². The number of rotatable bonds is 4. The van der Waals surface area contributed by atoms with Crippen LogP contribution in [0.15, 0.2) is 42.6 Å². The number of carbonyl (C=O) groups is 1. The van der Waals surface area contributed by atoms with Crippen LogP contribution in [-0.4, -0.2) is 41.6 Å². The molecule has 0 aliphatic carbocycles. The van der Waals surface area contributed by atoms with Gasteiger partial charge in [-0.25, -0.2) is 4.98 Å². The Bertz CT molecular complexity index is 708. The average Bonchev–Trinajstić information content (AvgIpc) is 2.59. The molecule has 23 heavy (non-hydrogen) atoms. The van der Waals surface area contributed by atoms with Crippen LogP contribution >= 0.6 is 11.6 Å². The van der Waals surface area contributed by atoms with E-state index in [4.69, 9.17) is 21.1 Å². The molecule has 0 radical (unpaired) electrons. The second-order valence-corrected chi connectivity index (χ2v) is 5.54. The number of benzene rings is 1. The molecule has 1 aliphatic rings. The third-order valence-electron chi connectivity index (χ3n) is 3.65. The van der Waals surface area contributed by atoms with Crippen LogP contribution in [0.5, 0.6) is 11.5 Å². The third kappa shape index (κ3) is 3.40. The summed E-state index contributed by atoms with van der Waals surface area (Å²) in [6.45, 7) is 3.29. The monoisotopic (exact) mass is 332 g/mol. The molecule has 3 rings (SSSR count). The van der Waals surface area contributed by atoms with Crippen molar-refractivity contribution in [2.45, 2.75) is 13.0 Å². The van der Waals surface area contributed by atoms with Gasteiger partial charge in [0.25, 0.3) is 5.91 Å². The molecule has 6 heteroatoms. The minimum atomic E-state index is -0.218.